The van der Waals surface area contributed by atoms with Crippen molar-refractivity contribution >= 4 is 22.9 Å². The number of aromatic nitrogens is 1. The van der Waals surface area contributed by atoms with E-state index in [4.69, 9.17) is 4.74 Å². The van der Waals surface area contributed by atoms with Crippen LogP contribution in [0.15, 0.2) is 84.6 Å². The van der Waals surface area contributed by atoms with E-state index in [2.05, 4.69) is 5.32 Å². The molecular weight excluding hydrogens is 417 g/mol. The molecule has 1 heterocycles. The highest BCUT2D eigenvalue weighted by atomic mass is 19.1. The van der Waals surface area contributed by atoms with Gasteiger partial charge >= 0.3 is 0 Å². The van der Waals surface area contributed by atoms with Gasteiger partial charge in [0, 0.05) is 35.8 Å². The van der Waals surface area contributed by atoms with Crippen LogP contribution in [-0.2, 0) is 17.9 Å². The smallest absolute Gasteiger partial charge is 0.262 e. The highest BCUT2D eigenvalue weighted by Crippen LogP contribution is 2.25. The summed E-state index contributed by atoms with van der Waals surface area (Å²) >= 11 is 0. The van der Waals surface area contributed by atoms with E-state index in [-0.39, 0.29) is 11.4 Å². The molecule has 0 aliphatic heterocycles. The van der Waals surface area contributed by atoms with Gasteiger partial charge in [-0.05, 0) is 47.5 Å². The van der Waals surface area contributed by atoms with Gasteiger partial charge in [0.1, 0.15) is 23.2 Å². The Kier molecular flexibility index (Phi) is 6.51. The second-order valence-corrected chi connectivity index (χ2v) is 7.56. The van der Waals surface area contributed by atoms with E-state index in [0.29, 0.717) is 13.1 Å². The zero-order valence-corrected chi connectivity index (χ0v) is 18.1. The summed E-state index contributed by atoms with van der Waals surface area (Å²) in [4.78, 5) is 12.7. The van der Waals surface area contributed by atoms with Crippen LogP contribution < -0.4 is 10.1 Å². The lowest BCUT2D eigenvalue weighted by Crippen LogP contribution is -2.23. The van der Waals surface area contributed by atoms with Crippen LogP contribution in [0.25, 0.3) is 17.0 Å². The average Bonchev–Trinajstić information content (AvgIpc) is 3.19. The fraction of sp³-hybridized carbons (Fsp3) is 0.111. The normalized spacial score (nSPS) is 11.2. The Bertz CT molecular complexity index is 1350. The number of nitrogens with one attached hydrogen (secondary N) is 1. The molecule has 0 aliphatic rings. The monoisotopic (exact) mass is 439 g/mol. The number of rotatable bonds is 7. The van der Waals surface area contributed by atoms with Crippen molar-refractivity contribution in [1.82, 2.24) is 9.88 Å². The van der Waals surface area contributed by atoms with Crippen molar-refractivity contribution in [2.45, 2.75) is 13.1 Å². The third kappa shape index (κ3) is 5.10. The molecule has 3 aromatic carbocycles. The Morgan fingerprint density at radius 2 is 1.76 bits per heavy atom. The zero-order chi connectivity index (χ0) is 23.2. The molecule has 4 aromatic rings. The first-order valence-electron chi connectivity index (χ1n) is 10.4. The first-order valence-corrected chi connectivity index (χ1v) is 10.4. The van der Waals surface area contributed by atoms with Gasteiger partial charge in [-0.15, -0.1) is 0 Å². The Morgan fingerprint density at radius 3 is 2.45 bits per heavy atom. The maximum atomic E-state index is 13.3. The van der Waals surface area contributed by atoms with Crippen molar-refractivity contribution in [2.75, 3.05) is 7.11 Å². The zero-order valence-electron chi connectivity index (χ0n) is 18.1. The maximum absolute atomic E-state index is 13.3. The van der Waals surface area contributed by atoms with Crippen LogP contribution in [0.2, 0.25) is 0 Å². The number of ether oxygens (including phenoxy) is 1. The molecule has 0 aliphatic carbocycles. The largest absolute Gasteiger partial charge is 0.497 e. The van der Waals surface area contributed by atoms with Gasteiger partial charge in [0.2, 0.25) is 0 Å². The quantitative estimate of drug-likeness (QED) is 0.323. The number of methoxy groups -OCH3 is 1. The van der Waals surface area contributed by atoms with Crippen LogP contribution in [0, 0.1) is 17.1 Å². The summed E-state index contributed by atoms with van der Waals surface area (Å²) in [6, 6.07) is 23.5. The Morgan fingerprint density at radius 1 is 1.06 bits per heavy atom. The maximum Gasteiger partial charge on any atom is 0.262 e. The van der Waals surface area contributed by atoms with Gasteiger partial charge < -0.3 is 14.6 Å². The second-order valence-electron chi connectivity index (χ2n) is 7.56. The molecule has 164 valence electrons. The predicted molar refractivity (Wildman–Crippen MR) is 126 cm³/mol. The lowest BCUT2D eigenvalue weighted by Gasteiger charge is -2.06. The Hall–Kier alpha value is -4.37. The van der Waals surface area contributed by atoms with Crippen molar-refractivity contribution in [2.24, 2.45) is 0 Å². The van der Waals surface area contributed by atoms with Gasteiger partial charge in [0.15, 0.2) is 0 Å². The number of fused-ring (bicyclic) bond motifs is 1. The SMILES string of the molecule is COc1ccc(CNC(=O)/C(C#N)=C\c2cn(Cc3ccc(F)cc3)c3ccccc23)cc1. The van der Waals surface area contributed by atoms with Crippen LogP contribution >= 0.6 is 0 Å². The molecule has 1 N–H and O–H groups in total. The third-order valence-corrected chi connectivity index (χ3v) is 5.36. The number of para-hydroxylation sites is 1. The van der Waals surface area contributed by atoms with E-state index < -0.39 is 5.91 Å². The topological polar surface area (TPSA) is 67.0 Å². The first kappa shape index (κ1) is 21.8. The Balaban J connectivity index is 1.57. The van der Waals surface area contributed by atoms with Crippen molar-refractivity contribution < 1.29 is 13.9 Å². The highest BCUT2D eigenvalue weighted by molar-refractivity contribution is 6.04. The van der Waals surface area contributed by atoms with Crippen molar-refractivity contribution in [3.63, 3.8) is 0 Å². The van der Waals surface area contributed by atoms with Crippen molar-refractivity contribution in [1.29, 1.82) is 5.26 Å². The van der Waals surface area contributed by atoms with E-state index in [9.17, 15) is 14.4 Å². The summed E-state index contributed by atoms with van der Waals surface area (Å²) in [6.45, 7) is 0.842. The third-order valence-electron chi connectivity index (χ3n) is 5.36. The summed E-state index contributed by atoms with van der Waals surface area (Å²) < 4.78 is 20.4. The van der Waals surface area contributed by atoms with E-state index in [0.717, 1.165) is 33.3 Å². The molecule has 0 unspecified atom stereocenters. The molecule has 5 nitrogen and oxygen atoms in total. The number of hydrogen-bond donors (Lipinski definition) is 1. The first-order chi connectivity index (χ1) is 16.1. The molecule has 0 bridgehead atoms. The molecule has 0 spiro atoms. The van der Waals surface area contributed by atoms with Gasteiger partial charge in [-0.3, -0.25) is 4.79 Å². The van der Waals surface area contributed by atoms with Crippen molar-refractivity contribution in [3.05, 3.63) is 107 Å². The number of carbonyl (C=O) groups is 1. The number of benzene rings is 3. The summed E-state index contributed by atoms with van der Waals surface area (Å²) in [5, 5.41) is 13.3. The minimum Gasteiger partial charge on any atom is -0.497 e. The lowest BCUT2D eigenvalue weighted by molar-refractivity contribution is -0.117. The number of nitrogens with zero attached hydrogens (tertiary/aromatic N) is 2. The van der Waals surface area contributed by atoms with E-state index in [1.807, 2.05) is 65.4 Å². The fourth-order valence-electron chi connectivity index (χ4n) is 3.63. The summed E-state index contributed by atoms with van der Waals surface area (Å²) in [6.07, 6.45) is 3.51. The summed E-state index contributed by atoms with van der Waals surface area (Å²) in [7, 11) is 1.59. The number of carbonyl (C=O) groups excluding carboxylic acids is 1. The Labute approximate surface area is 191 Å². The number of halogens is 1. The van der Waals surface area contributed by atoms with Gasteiger partial charge in [0.25, 0.3) is 5.91 Å². The molecule has 4 rings (SSSR count). The molecule has 0 saturated heterocycles. The van der Waals surface area contributed by atoms with Gasteiger partial charge in [0.05, 0.1) is 7.11 Å². The minimum atomic E-state index is -0.441. The van der Waals surface area contributed by atoms with E-state index >= 15 is 0 Å². The molecule has 0 atom stereocenters. The number of nitriles is 1. The van der Waals surface area contributed by atoms with Crippen molar-refractivity contribution in [3.8, 4) is 11.8 Å². The molecule has 0 fully saturated rings. The minimum absolute atomic E-state index is 0.0215. The van der Waals surface area contributed by atoms with Gasteiger partial charge in [-0.25, -0.2) is 4.39 Å². The van der Waals surface area contributed by atoms with E-state index in [1.165, 1.54) is 12.1 Å². The number of amides is 1. The second kappa shape index (κ2) is 9.84. The molecule has 1 aromatic heterocycles. The molecule has 1 amide bonds. The average molecular weight is 439 g/mol. The van der Waals surface area contributed by atoms with Crippen LogP contribution in [0.5, 0.6) is 5.75 Å². The molecule has 33 heavy (non-hydrogen) atoms. The number of hydrogen-bond acceptors (Lipinski definition) is 3. The van der Waals surface area contributed by atoms with Crippen LogP contribution in [0.4, 0.5) is 4.39 Å². The van der Waals surface area contributed by atoms with Crippen LogP contribution in [0.1, 0.15) is 16.7 Å². The standard InChI is InChI=1S/C27H22FN3O2/c1-33-24-12-8-19(9-13-24)16-30-27(32)21(15-29)14-22-18-31(26-5-3-2-4-25(22)26)17-20-6-10-23(28)11-7-20/h2-14,18H,16-17H2,1H3,(H,30,32)/b21-14-. The van der Waals surface area contributed by atoms with Gasteiger partial charge in [-0.1, -0.05) is 42.5 Å². The van der Waals surface area contributed by atoms with E-state index in [1.54, 1.807) is 25.3 Å². The molecular formula is C27H22FN3O2. The highest BCUT2D eigenvalue weighted by Gasteiger charge is 2.13. The molecule has 0 saturated carbocycles. The lowest BCUT2D eigenvalue weighted by atomic mass is 10.1. The fourth-order valence-corrected chi connectivity index (χ4v) is 3.63. The molecule has 0 radical (unpaired) electrons. The summed E-state index contributed by atoms with van der Waals surface area (Å²) in [5.41, 5.74) is 3.60. The predicted octanol–water partition coefficient (Wildman–Crippen LogP) is 5.06. The summed E-state index contributed by atoms with van der Waals surface area (Å²) in [5.74, 6) is 0.0162. The van der Waals surface area contributed by atoms with Crippen LogP contribution in [0.3, 0.4) is 0 Å². The van der Waals surface area contributed by atoms with Crippen LogP contribution in [-0.4, -0.2) is 17.6 Å². The molecule has 6 heteroatoms. The van der Waals surface area contributed by atoms with Gasteiger partial charge in [-0.2, -0.15) is 5.26 Å².